The molecular formula is C21H25ClN2O3. The Balaban J connectivity index is 2.11. The summed E-state index contributed by atoms with van der Waals surface area (Å²) in [5.74, 6) is 0.0723. The minimum Gasteiger partial charge on any atom is -0.488 e. The summed E-state index contributed by atoms with van der Waals surface area (Å²) in [6.07, 6.45) is 0. The molecule has 0 spiro atoms. The number of para-hydroxylation sites is 1. The van der Waals surface area contributed by atoms with Gasteiger partial charge in [-0.05, 0) is 50.6 Å². The maximum Gasteiger partial charge on any atom is 0.258 e. The third kappa shape index (κ3) is 6.29. The van der Waals surface area contributed by atoms with Crippen molar-refractivity contribution in [3.8, 4) is 5.75 Å². The van der Waals surface area contributed by atoms with Gasteiger partial charge >= 0.3 is 0 Å². The molecule has 0 aliphatic carbocycles. The van der Waals surface area contributed by atoms with Gasteiger partial charge in [-0.2, -0.15) is 0 Å². The van der Waals surface area contributed by atoms with Crippen LogP contribution in [0.4, 0.5) is 0 Å². The molecule has 1 N–H and O–H groups in total. The van der Waals surface area contributed by atoms with E-state index < -0.39 is 0 Å². The largest absolute Gasteiger partial charge is 0.488 e. The lowest BCUT2D eigenvalue weighted by Gasteiger charge is -2.22. The molecule has 0 unspecified atom stereocenters. The van der Waals surface area contributed by atoms with Crippen molar-refractivity contribution in [3.05, 3.63) is 64.7 Å². The van der Waals surface area contributed by atoms with E-state index in [0.29, 0.717) is 29.5 Å². The van der Waals surface area contributed by atoms with E-state index in [2.05, 4.69) is 5.32 Å². The van der Waals surface area contributed by atoms with Crippen LogP contribution in [0.1, 0.15) is 36.7 Å². The minimum atomic E-state index is -0.233. The van der Waals surface area contributed by atoms with Crippen LogP contribution >= 0.6 is 11.6 Å². The van der Waals surface area contributed by atoms with Crippen molar-refractivity contribution in [3.63, 3.8) is 0 Å². The number of hydrogen-bond donors (Lipinski definition) is 1. The molecule has 0 aliphatic heterocycles. The van der Waals surface area contributed by atoms with Crippen molar-refractivity contribution in [2.45, 2.75) is 33.4 Å². The molecule has 0 fully saturated rings. The van der Waals surface area contributed by atoms with E-state index >= 15 is 0 Å². The Morgan fingerprint density at radius 3 is 2.41 bits per heavy atom. The Morgan fingerprint density at radius 2 is 1.78 bits per heavy atom. The van der Waals surface area contributed by atoms with Crippen molar-refractivity contribution in [1.82, 2.24) is 10.2 Å². The quantitative estimate of drug-likeness (QED) is 0.746. The van der Waals surface area contributed by atoms with Crippen LogP contribution in [0.5, 0.6) is 5.75 Å². The van der Waals surface area contributed by atoms with Crippen LogP contribution in [0.2, 0.25) is 5.02 Å². The highest BCUT2D eigenvalue weighted by atomic mass is 35.5. The van der Waals surface area contributed by atoms with Crippen LogP contribution in [-0.4, -0.2) is 35.8 Å². The van der Waals surface area contributed by atoms with Gasteiger partial charge < -0.3 is 15.0 Å². The number of nitrogens with zero attached hydrogens (tertiary/aromatic N) is 1. The first kappa shape index (κ1) is 20.8. The molecule has 2 rings (SSSR count). The molecule has 0 aliphatic rings. The highest BCUT2D eigenvalue weighted by molar-refractivity contribution is 6.30. The molecule has 0 heterocycles. The molecule has 0 saturated heterocycles. The van der Waals surface area contributed by atoms with Gasteiger partial charge in [0, 0.05) is 17.6 Å². The average molecular weight is 389 g/mol. The van der Waals surface area contributed by atoms with Gasteiger partial charge in [0.05, 0.1) is 12.1 Å². The topological polar surface area (TPSA) is 58.6 Å². The molecule has 2 aromatic carbocycles. The third-order valence-corrected chi connectivity index (χ3v) is 4.13. The summed E-state index contributed by atoms with van der Waals surface area (Å²) in [5, 5.41) is 3.46. The first-order chi connectivity index (χ1) is 12.9. The smallest absolute Gasteiger partial charge is 0.258 e. The van der Waals surface area contributed by atoms with E-state index in [0.717, 1.165) is 5.56 Å². The van der Waals surface area contributed by atoms with Crippen molar-refractivity contribution >= 4 is 23.4 Å². The maximum absolute atomic E-state index is 12.9. The number of carbonyl (C=O) groups excluding carboxylic acids is 2. The molecule has 0 aromatic heterocycles. The lowest BCUT2D eigenvalue weighted by atomic mass is 10.1. The van der Waals surface area contributed by atoms with Crippen molar-refractivity contribution in [2.75, 3.05) is 13.1 Å². The fourth-order valence-electron chi connectivity index (χ4n) is 2.55. The molecule has 27 heavy (non-hydrogen) atoms. The summed E-state index contributed by atoms with van der Waals surface area (Å²) in [6, 6.07) is 14.4. The minimum absolute atomic E-state index is 0.0129. The standard InChI is InChI=1S/C21H25ClN2O3/c1-4-24(13-20(25)23-15(2)3)21(26)18-7-5-6-8-19(18)27-14-16-9-11-17(22)12-10-16/h5-12,15H,4,13-14H2,1-3H3,(H,23,25). The number of likely N-dealkylation sites (N-methyl/N-ethyl adjacent to an activating group) is 1. The molecule has 6 heteroatoms. The number of halogens is 1. The molecule has 5 nitrogen and oxygen atoms in total. The first-order valence-electron chi connectivity index (χ1n) is 8.95. The Bertz CT molecular complexity index is 775. The van der Waals surface area contributed by atoms with Crippen LogP contribution < -0.4 is 10.1 Å². The number of ether oxygens (including phenoxy) is 1. The Hall–Kier alpha value is -2.53. The van der Waals surface area contributed by atoms with E-state index in [1.54, 1.807) is 30.3 Å². The van der Waals surface area contributed by atoms with Gasteiger partial charge in [-0.3, -0.25) is 9.59 Å². The van der Waals surface area contributed by atoms with Crippen LogP contribution in [0.15, 0.2) is 48.5 Å². The fraction of sp³-hybridized carbons (Fsp3) is 0.333. The molecule has 0 radical (unpaired) electrons. The average Bonchev–Trinajstić information content (AvgIpc) is 2.65. The number of rotatable bonds is 8. The molecule has 2 aromatic rings. The van der Waals surface area contributed by atoms with E-state index in [9.17, 15) is 9.59 Å². The molecule has 0 bridgehead atoms. The van der Waals surface area contributed by atoms with E-state index in [-0.39, 0.29) is 24.4 Å². The zero-order chi connectivity index (χ0) is 19.8. The van der Waals surface area contributed by atoms with Crippen molar-refractivity contribution in [2.24, 2.45) is 0 Å². The lowest BCUT2D eigenvalue weighted by molar-refractivity contribution is -0.122. The van der Waals surface area contributed by atoms with Crippen molar-refractivity contribution < 1.29 is 14.3 Å². The normalized spacial score (nSPS) is 10.6. The van der Waals surface area contributed by atoms with E-state index in [1.165, 1.54) is 4.90 Å². The SMILES string of the molecule is CCN(CC(=O)NC(C)C)C(=O)c1ccccc1OCc1ccc(Cl)cc1. The van der Waals surface area contributed by atoms with Gasteiger partial charge in [0.25, 0.3) is 5.91 Å². The van der Waals surface area contributed by atoms with Gasteiger partial charge in [-0.15, -0.1) is 0 Å². The molecular weight excluding hydrogens is 364 g/mol. The van der Waals surface area contributed by atoms with Crippen molar-refractivity contribution in [1.29, 1.82) is 0 Å². The summed E-state index contributed by atoms with van der Waals surface area (Å²) in [6.45, 7) is 6.37. The van der Waals surface area contributed by atoms with E-state index in [4.69, 9.17) is 16.3 Å². The number of hydrogen-bond acceptors (Lipinski definition) is 3. The van der Waals surface area contributed by atoms with Gasteiger partial charge in [0.2, 0.25) is 5.91 Å². The van der Waals surface area contributed by atoms with Gasteiger partial charge in [0.15, 0.2) is 0 Å². The summed E-state index contributed by atoms with van der Waals surface area (Å²) >= 11 is 5.90. The predicted molar refractivity (Wildman–Crippen MR) is 107 cm³/mol. The second-order valence-electron chi connectivity index (χ2n) is 6.45. The van der Waals surface area contributed by atoms with Crippen LogP contribution in [0.3, 0.4) is 0 Å². The number of carbonyl (C=O) groups is 2. The van der Waals surface area contributed by atoms with Crippen LogP contribution in [-0.2, 0) is 11.4 Å². The summed E-state index contributed by atoms with van der Waals surface area (Å²) in [7, 11) is 0. The van der Waals surface area contributed by atoms with Crippen LogP contribution in [0.25, 0.3) is 0 Å². The second kappa shape index (κ2) is 9.97. The Kier molecular flexibility index (Phi) is 7.67. The summed E-state index contributed by atoms with van der Waals surface area (Å²) < 4.78 is 5.86. The Labute approximate surface area is 165 Å². The van der Waals surface area contributed by atoms with Gasteiger partial charge in [0.1, 0.15) is 12.4 Å². The van der Waals surface area contributed by atoms with Gasteiger partial charge in [-0.25, -0.2) is 0 Å². The second-order valence-corrected chi connectivity index (χ2v) is 6.89. The first-order valence-corrected chi connectivity index (χ1v) is 9.33. The number of benzene rings is 2. The van der Waals surface area contributed by atoms with Crippen LogP contribution in [0, 0.1) is 0 Å². The molecule has 0 atom stereocenters. The van der Waals surface area contributed by atoms with E-state index in [1.807, 2.05) is 39.0 Å². The number of amides is 2. The molecule has 2 amide bonds. The van der Waals surface area contributed by atoms with Gasteiger partial charge in [-0.1, -0.05) is 35.9 Å². The maximum atomic E-state index is 12.9. The fourth-order valence-corrected chi connectivity index (χ4v) is 2.68. The predicted octanol–water partition coefficient (Wildman–Crippen LogP) is 3.91. The lowest BCUT2D eigenvalue weighted by Crippen LogP contribution is -2.42. The highest BCUT2D eigenvalue weighted by Gasteiger charge is 2.21. The Morgan fingerprint density at radius 1 is 1.11 bits per heavy atom. The third-order valence-electron chi connectivity index (χ3n) is 3.88. The number of nitrogens with one attached hydrogen (secondary N) is 1. The zero-order valence-electron chi connectivity index (χ0n) is 15.9. The summed E-state index contributed by atoms with van der Waals surface area (Å²) in [4.78, 5) is 26.5. The zero-order valence-corrected chi connectivity index (χ0v) is 16.6. The molecule has 0 saturated carbocycles. The summed E-state index contributed by atoms with van der Waals surface area (Å²) in [5.41, 5.74) is 1.39. The molecule has 144 valence electrons. The highest BCUT2D eigenvalue weighted by Crippen LogP contribution is 2.21. The monoisotopic (exact) mass is 388 g/mol.